The van der Waals surface area contributed by atoms with Crippen molar-refractivity contribution in [3.05, 3.63) is 188 Å². The molecule has 7 rings (SSSR count). The molecule has 45 heavy (non-hydrogen) atoms. The van der Waals surface area contributed by atoms with E-state index >= 15 is 0 Å². The lowest BCUT2D eigenvalue weighted by Gasteiger charge is -2.26. The molecule has 6 aromatic carbocycles. The largest absolute Gasteiger partial charge is 0.309 e. The normalized spacial score (nSPS) is 11.6. The van der Waals surface area contributed by atoms with Crippen LogP contribution in [0.5, 0.6) is 0 Å². The van der Waals surface area contributed by atoms with Gasteiger partial charge in [0.05, 0.1) is 10.4 Å². The van der Waals surface area contributed by atoms with Crippen LogP contribution in [0, 0.1) is 0 Å². The van der Waals surface area contributed by atoms with Crippen molar-refractivity contribution < 1.29 is 0 Å². The Kier molecular flexibility index (Phi) is 8.22. The number of hydrogen-bond acceptors (Lipinski definition) is 2. The fourth-order valence-electron chi connectivity index (χ4n) is 5.83. The fourth-order valence-corrected chi connectivity index (χ4v) is 7.04. The predicted octanol–water partition coefficient (Wildman–Crippen LogP) is 12.7. The van der Waals surface area contributed by atoms with Gasteiger partial charge in [-0.2, -0.15) is 0 Å². The maximum atomic E-state index is 3.73. The van der Waals surface area contributed by atoms with Crippen molar-refractivity contribution in [2.24, 2.45) is 0 Å². The lowest BCUT2D eigenvalue weighted by atomic mass is 10.00. The third-order valence-corrected chi connectivity index (χ3v) is 9.33. The van der Waals surface area contributed by atoms with Gasteiger partial charge < -0.3 is 4.90 Å². The van der Waals surface area contributed by atoms with Crippen LogP contribution in [-0.4, -0.2) is 0 Å². The Hall–Kier alpha value is -5.44. The van der Waals surface area contributed by atoms with Gasteiger partial charge in [-0.3, -0.25) is 0 Å². The summed E-state index contributed by atoms with van der Waals surface area (Å²) >= 11 is 1.86. The highest BCUT2D eigenvalue weighted by Crippen LogP contribution is 2.44. The van der Waals surface area contributed by atoms with E-state index in [1.165, 1.54) is 53.7 Å². The zero-order valence-electron chi connectivity index (χ0n) is 25.0. The van der Waals surface area contributed by atoms with Crippen LogP contribution in [0.3, 0.4) is 0 Å². The fraction of sp³-hybridized carbons (Fsp3) is 0.0233. The van der Waals surface area contributed by atoms with Crippen molar-refractivity contribution in [2.75, 3.05) is 4.90 Å². The topological polar surface area (TPSA) is 3.24 Å². The van der Waals surface area contributed by atoms with E-state index in [9.17, 15) is 0 Å². The van der Waals surface area contributed by atoms with Gasteiger partial charge in [-0.1, -0.05) is 146 Å². The molecule has 0 fully saturated rings. The van der Waals surface area contributed by atoms with Crippen LogP contribution in [0.4, 0.5) is 17.1 Å². The highest BCUT2D eigenvalue weighted by atomic mass is 32.1. The van der Waals surface area contributed by atoms with E-state index in [1.54, 1.807) is 6.08 Å². The summed E-state index contributed by atoms with van der Waals surface area (Å²) in [4.78, 5) is 2.40. The van der Waals surface area contributed by atoms with Crippen molar-refractivity contribution in [3.63, 3.8) is 0 Å². The number of fused-ring (bicyclic) bond motifs is 3. The first-order valence-corrected chi connectivity index (χ1v) is 16.1. The van der Waals surface area contributed by atoms with E-state index in [0.717, 1.165) is 17.8 Å². The number of anilines is 3. The van der Waals surface area contributed by atoms with Crippen molar-refractivity contribution in [2.45, 2.75) is 6.42 Å². The van der Waals surface area contributed by atoms with E-state index in [4.69, 9.17) is 0 Å². The molecule has 0 saturated heterocycles. The van der Waals surface area contributed by atoms with Crippen LogP contribution in [0.1, 0.15) is 5.56 Å². The molecule has 0 spiro atoms. The Morgan fingerprint density at radius 1 is 0.511 bits per heavy atom. The second kappa shape index (κ2) is 13.1. The van der Waals surface area contributed by atoms with Gasteiger partial charge in [0, 0.05) is 26.8 Å². The number of rotatable bonds is 9. The summed E-state index contributed by atoms with van der Waals surface area (Å²) in [5.41, 5.74) is 9.60. The van der Waals surface area contributed by atoms with E-state index < -0.39 is 0 Å². The number of hydrogen-bond donors (Lipinski definition) is 0. The molecule has 7 aromatic rings. The van der Waals surface area contributed by atoms with Gasteiger partial charge in [0.1, 0.15) is 0 Å². The van der Waals surface area contributed by atoms with Crippen LogP contribution in [-0.2, 0) is 6.42 Å². The SMILES string of the molecule is C=C/C=C\C=C/Cc1ccc(N(c2ccc(-c3ccc(-c4ccccc4)cc3)cc2)c2cccc3c2sc2ccccc23)cc1. The first-order chi connectivity index (χ1) is 22.3. The molecule has 0 unspecified atom stereocenters. The van der Waals surface area contributed by atoms with Gasteiger partial charge >= 0.3 is 0 Å². The van der Waals surface area contributed by atoms with Crippen molar-refractivity contribution in [3.8, 4) is 22.3 Å². The third kappa shape index (κ3) is 6.02. The quantitative estimate of drug-likeness (QED) is 0.150. The van der Waals surface area contributed by atoms with Crippen molar-refractivity contribution >= 4 is 48.6 Å². The van der Waals surface area contributed by atoms with Crippen LogP contribution in [0.15, 0.2) is 183 Å². The monoisotopic (exact) mass is 595 g/mol. The Bertz CT molecular complexity index is 2110. The zero-order valence-corrected chi connectivity index (χ0v) is 25.8. The summed E-state index contributed by atoms with van der Waals surface area (Å²) in [5, 5.41) is 2.60. The summed E-state index contributed by atoms with van der Waals surface area (Å²) in [7, 11) is 0. The first-order valence-electron chi connectivity index (χ1n) is 15.3. The molecule has 0 N–H and O–H groups in total. The maximum Gasteiger partial charge on any atom is 0.0640 e. The standard InChI is InChI=1S/C43H33NS/c1-2-3-4-5-7-13-32-20-28-37(29-21-32)44(41-18-12-17-40-39-16-10-11-19-42(39)45-43(40)41)38-30-26-36(27-31-38)35-24-22-34(23-25-35)33-14-8-6-9-15-33/h2-12,14-31H,1,13H2/b4-3-,7-5-. The summed E-state index contributed by atoms with van der Waals surface area (Å²) in [6.07, 6.45) is 10.9. The zero-order chi connectivity index (χ0) is 30.4. The Balaban J connectivity index is 1.26. The van der Waals surface area contributed by atoms with E-state index in [1.807, 2.05) is 23.5 Å². The first kappa shape index (κ1) is 28.3. The lowest BCUT2D eigenvalue weighted by Crippen LogP contribution is -2.10. The second-order valence-electron chi connectivity index (χ2n) is 11.0. The number of thiophene rings is 1. The van der Waals surface area contributed by atoms with Crippen LogP contribution in [0.2, 0.25) is 0 Å². The predicted molar refractivity (Wildman–Crippen MR) is 197 cm³/mol. The number of allylic oxidation sites excluding steroid dienone is 5. The van der Waals surface area contributed by atoms with Crippen LogP contribution < -0.4 is 4.90 Å². The van der Waals surface area contributed by atoms with Crippen molar-refractivity contribution in [1.29, 1.82) is 0 Å². The van der Waals surface area contributed by atoms with E-state index in [0.29, 0.717) is 0 Å². The minimum Gasteiger partial charge on any atom is -0.309 e. The van der Waals surface area contributed by atoms with Gasteiger partial charge in [-0.25, -0.2) is 0 Å². The molecule has 0 saturated carbocycles. The molecule has 1 aromatic heterocycles. The van der Waals surface area contributed by atoms with Gasteiger partial charge in [0.2, 0.25) is 0 Å². The summed E-state index contributed by atoms with van der Waals surface area (Å²) in [5.74, 6) is 0. The Morgan fingerprint density at radius 3 is 1.78 bits per heavy atom. The minimum absolute atomic E-state index is 0.880. The van der Waals surface area contributed by atoms with E-state index in [-0.39, 0.29) is 0 Å². The number of nitrogens with zero attached hydrogens (tertiary/aromatic N) is 1. The molecular weight excluding hydrogens is 563 g/mol. The Morgan fingerprint density at radius 2 is 1.09 bits per heavy atom. The van der Waals surface area contributed by atoms with Gasteiger partial charge in [-0.05, 0) is 70.6 Å². The highest BCUT2D eigenvalue weighted by molar-refractivity contribution is 7.26. The van der Waals surface area contributed by atoms with Crippen LogP contribution >= 0.6 is 11.3 Å². The molecule has 0 amide bonds. The minimum atomic E-state index is 0.880. The molecule has 0 radical (unpaired) electrons. The highest BCUT2D eigenvalue weighted by Gasteiger charge is 2.18. The summed E-state index contributed by atoms with van der Waals surface area (Å²) in [6.45, 7) is 3.73. The number of benzene rings is 6. The molecule has 0 aliphatic heterocycles. The molecule has 1 heterocycles. The summed E-state index contributed by atoms with van der Waals surface area (Å²) in [6, 6.07) is 52.7. The van der Waals surface area contributed by atoms with Gasteiger partial charge in [0.15, 0.2) is 0 Å². The van der Waals surface area contributed by atoms with Crippen LogP contribution in [0.25, 0.3) is 42.4 Å². The molecule has 0 aliphatic carbocycles. The molecule has 0 bridgehead atoms. The average molecular weight is 596 g/mol. The maximum absolute atomic E-state index is 3.73. The molecule has 2 heteroatoms. The molecule has 216 valence electrons. The third-order valence-electron chi connectivity index (χ3n) is 8.12. The molecule has 1 nitrogen and oxygen atoms in total. The smallest absolute Gasteiger partial charge is 0.0640 e. The van der Waals surface area contributed by atoms with Gasteiger partial charge in [0.25, 0.3) is 0 Å². The Labute approximate surface area is 269 Å². The second-order valence-corrected chi connectivity index (χ2v) is 12.0. The van der Waals surface area contributed by atoms with Crippen molar-refractivity contribution in [1.82, 2.24) is 0 Å². The summed E-state index contributed by atoms with van der Waals surface area (Å²) < 4.78 is 2.60. The van der Waals surface area contributed by atoms with Gasteiger partial charge in [-0.15, -0.1) is 11.3 Å². The average Bonchev–Trinajstić information content (AvgIpc) is 3.49. The molecular formula is C43H33NS. The lowest BCUT2D eigenvalue weighted by molar-refractivity contribution is 1.24. The molecule has 0 aliphatic rings. The van der Waals surface area contributed by atoms with E-state index in [2.05, 4.69) is 169 Å². The molecule has 0 atom stereocenters.